The van der Waals surface area contributed by atoms with Gasteiger partial charge in [0.1, 0.15) is 19.3 Å². The smallest absolute Gasteiger partial charge is 0.406 e. The molecule has 1 fully saturated rings. The number of rotatable bonds is 12. The number of nitrogens with two attached hydrogens (primary N) is 1. The number of carbonyl (C=O) groups is 3. The maximum Gasteiger partial charge on any atom is 0.406 e. The molecule has 1 saturated heterocycles. The van der Waals surface area contributed by atoms with Gasteiger partial charge >= 0.3 is 12.2 Å². The standard InChI is InChI=1S/C18H34N4O7/c1-20-17(24)27-12-15(13-28-18(25)21-2)26-10-3-4-16(23)22-8-5-14(6-9-22)7-11-29-19/h14-15H,3-13,19H2,1-2H3,(H,20,24)(H,21,25). The summed E-state index contributed by atoms with van der Waals surface area (Å²) in [7, 11) is 2.89. The molecule has 0 aromatic rings. The number of hydrogen-bond acceptors (Lipinski definition) is 8. The molecular formula is C18H34N4O7. The summed E-state index contributed by atoms with van der Waals surface area (Å²) in [6, 6.07) is 0. The van der Waals surface area contributed by atoms with Crippen molar-refractivity contribution in [3.05, 3.63) is 0 Å². The summed E-state index contributed by atoms with van der Waals surface area (Å²) in [5.41, 5.74) is 0. The average molecular weight is 418 g/mol. The van der Waals surface area contributed by atoms with Crippen LogP contribution in [0.4, 0.5) is 9.59 Å². The minimum absolute atomic E-state index is 0.0648. The van der Waals surface area contributed by atoms with Crippen molar-refractivity contribution in [1.82, 2.24) is 15.5 Å². The Morgan fingerprint density at radius 1 is 1.03 bits per heavy atom. The fourth-order valence-electron chi connectivity index (χ4n) is 2.96. The Hall–Kier alpha value is -2.11. The molecule has 0 aliphatic carbocycles. The third-order valence-electron chi connectivity index (χ3n) is 4.71. The zero-order valence-electron chi connectivity index (χ0n) is 17.3. The Kier molecular flexibility index (Phi) is 12.7. The molecule has 1 heterocycles. The molecule has 11 nitrogen and oxygen atoms in total. The number of alkyl carbamates (subject to hydrolysis) is 2. The van der Waals surface area contributed by atoms with Crippen LogP contribution in [0, 0.1) is 5.92 Å². The summed E-state index contributed by atoms with van der Waals surface area (Å²) in [6.07, 6.45) is 1.92. The molecule has 0 aromatic carbocycles. The van der Waals surface area contributed by atoms with E-state index >= 15 is 0 Å². The van der Waals surface area contributed by atoms with Crippen LogP contribution >= 0.6 is 0 Å². The highest BCUT2D eigenvalue weighted by atomic mass is 16.6. The quantitative estimate of drug-likeness (QED) is 0.305. The Morgan fingerprint density at radius 3 is 2.14 bits per heavy atom. The summed E-state index contributed by atoms with van der Waals surface area (Å²) < 4.78 is 15.5. The lowest BCUT2D eigenvalue weighted by Gasteiger charge is -2.32. The zero-order chi connectivity index (χ0) is 21.5. The number of ether oxygens (including phenoxy) is 3. The van der Waals surface area contributed by atoms with Crippen LogP contribution in [-0.4, -0.2) is 82.7 Å². The zero-order valence-corrected chi connectivity index (χ0v) is 17.3. The van der Waals surface area contributed by atoms with Crippen LogP contribution in [0.25, 0.3) is 0 Å². The van der Waals surface area contributed by atoms with Crippen molar-refractivity contribution < 1.29 is 33.4 Å². The summed E-state index contributed by atoms with van der Waals surface area (Å²) >= 11 is 0. The van der Waals surface area contributed by atoms with E-state index in [1.54, 1.807) is 0 Å². The lowest BCUT2D eigenvalue weighted by atomic mass is 9.94. The van der Waals surface area contributed by atoms with Crippen LogP contribution in [0.2, 0.25) is 0 Å². The predicted molar refractivity (Wildman–Crippen MR) is 104 cm³/mol. The number of nitrogens with one attached hydrogen (secondary N) is 2. The van der Waals surface area contributed by atoms with Crippen molar-refractivity contribution in [3.63, 3.8) is 0 Å². The van der Waals surface area contributed by atoms with E-state index in [0.717, 1.165) is 32.4 Å². The van der Waals surface area contributed by atoms with Crippen LogP contribution in [0.1, 0.15) is 32.1 Å². The fourth-order valence-corrected chi connectivity index (χ4v) is 2.96. The van der Waals surface area contributed by atoms with Gasteiger partial charge in [0.25, 0.3) is 0 Å². The second-order valence-electron chi connectivity index (χ2n) is 6.78. The lowest BCUT2D eigenvalue weighted by Crippen LogP contribution is -2.38. The number of amides is 3. The van der Waals surface area contributed by atoms with Gasteiger partial charge in [-0.3, -0.25) is 4.79 Å². The van der Waals surface area contributed by atoms with Crippen LogP contribution in [0.15, 0.2) is 0 Å². The van der Waals surface area contributed by atoms with E-state index in [1.165, 1.54) is 14.1 Å². The van der Waals surface area contributed by atoms with Crippen molar-refractivity contribution in [2.45, 2.75) is 38.2 Å². The monoisotopic (exact) mass is 418 g/mol. The van der Waals surface area contributed by atoms with Crippen molar-refractivity contribution in [2.75, 3.05) is 53.6 Å². The first-order chi connectivity index (χ1) is 14.0. The number of nitrogens with zero attached hydrogens (tertiary/aromatic N) is 1. The molecular weight excluding hydrogens is 384 g/mol. The highest BCUT2D eigenvalue weighted by Crippen LogP contribution is 2.21. The van der Waals surface area contributed by atoms with Crippen LogP contribution in [-0.2, 0) is 23.8 Å². The van der Waals surface area contributed by atoms with Gasteiger partial charge in [-0.1, -0.05) is 0 Å². The molecule has 1 aliphatic rings. The van der Waals surface area contributed by atoms with Crippen LogP contribution in [0.5, 0.6) is 0 Å². The molecule has 3 amide bonds. The third kappa shape index (κ3) is 10.9. The summed E-state index contributed by atoms with van der Waals surface area (Å²) in [6.45, 7) is 2.20. The molecule has 0 saturated carbocycles. The van der Waals surface area contributed by atoms with Gasteiger partial charge in [0.2, 0.25) is 5.91 Å². The van der Waals surface area contributed by atoms with E-state index in [0.29, 0.717) is 25.4 Å². The number of piperidine rings is 1. The van der Waals surface area contributed by atoms with E-state index < -0.39 is 18.3 Å². The molecule has 0 bridgehead atoms. The van der Waals surface area contributed by atoms with Gasteiger partial charge in [-0.2, -0.15) is 0 Å². The summed E-state index contributed by atoms with van der Waals surface area (Å²) in [5, 5.41) is 4.66. The van der Waals surface area contributed by atoms with E-state index in [9.17, 15) is 14.4 Å². The number of carbonyl (C=O) groups excluding carboxylic acids is 3. The highest BCUT2D eigenvalue weighted by molar-refractivity contribution is 5.76. The number of hydrogen-bond donors (Lipinski definition) is 3. The molecule has 29 heavy (non-hydrogen) atoms. The molecule has 0 aromatic heterocycles. The van der Waals surface area contributed by atoms with Gasteiger partial charge < -0.3 is 34.6 Å². The minimum Gasteiger partial charge on any atom is -0.447 e. The lowest BCUT2D eigenvalue weighted by molar-refractivity contribution is -0.133. The maximum atomic E-state index is 12.3. The summed E-state index contributed by atoms with van der Waals surface area (Å²) in [5.74, 6) is 5.71. The topological polar surface area (TPSA) is 141 Å². The van der Waals surface area contributed by atoms with E-state index in [4.69, 9.17) is 20.1 Å². The Morgan fingerprint density at radius 2 is 1.62 bits per heavy atom. The molecule has 1 aliphatic heterocycles. The van der Waals surface area contributed by atoms with Crippen LogP contribution < -0.4 is 16.5 Å². The van der Waals surface area contributed by atoms with Gasteiger partial charge in [-0.15, -0.1) is 0 Å². The summed E-state index contributed by atoms with van der Waals surface area (Å²) in [4.78, 5) is 41.3. The SMILES string of the molecule is CNC(=O)OCC(COC(=O)NC)OCCCC(=O)N1CCC(CCON)CC1. The predicted octanol–water partition coefficient (Wildman–Crippen LogP) is 0.383. The molecule has 1 rings (SSSR count). The van der Waals surface area contributed by atoms with Crippen molar-refractivity contribution in [1.29, 1.82) is 0 Å². The molecule has 0 atom stereocenters. The molecule has 0 spiro atoms. The van der Waals surface area contributed by atoms with Gasteiger partial charge in [0.15, 0.2) is 0 Å². The van der Waals surface area contributed by atoms with Gasteiger partial charge in [0, 0.05) is 40.2 Å². The second-order valence-corrected chi connectivity index (χ2v) is 6.78. The molecule has 0 unspecified atom stereocenters. The van der Waals surface area contributed by atoms with Gasteiger partial charge in [-0.05, 0) is 31.6 Å². The molecule has 11 heteroatoms. The normalized spacial score (nSPS) is 14.6. The van der Waals surface area contributed by atoms with Crippen LogP contribution in [0.3, 0.4) is 0 Å². The van der Waals surface area contributed by atoms with Gasteiger partial charge in [-0.25, -0.2) is 15.5 Å². The van der Waals surface area contributed by atoms with Crippen molar-refractivity contribution >= 4 is 18.1 Å². The molecule has 0 radical (unpaired) electrons. The maximum absolute atomic E-state index is 12.3. The second kappa shape index (κ2) is 14.8. The molecule has 4 N–H and O–H groups in total. The largest absolute Gasteiger partial charge is 0.447 e. The first-order valence-corrected chi connectivity index (χ1v) is 9.90. The van der Waals surface area contributed by atoms with Crippen molar-refractivity contribution in [3.8, 4) is 0 Å². The Labute approximate surface area is 171 Å². The number of likely N-dealkylation sites (tertiary alicyclic amines) is 1. The Balaban J connectivity index is 2.27. The third-order valence-corrected chi connectivity index (χ3v) is 4.71. The minimum atomic E-state index is -0.611. The average Bonchev–Trinajstić information content (AvgIpc) is 2.75. The van der Waals surface area contributed by atoms with Gasteiger partial charge in [0.05, 0.1) is 6.61 Å². The molecule has 168 valence electrons. The fraction of sp³-hybridized carbons (Fsp3) is 0.833. The van der Waals surface area contributed by atoms with E-state index in [1.807, 2.05) is 4.90 Å². The Bertz CT molecular complexity index is 479. The highest BCUT2D eigenvalue weighted by Gasteiger charge is 2.22. The first kappa shape index (κ1) is 24.9. The van der Waals surface area contributed by atoms with E-state index in [2.05, 4.69) is 15.5 Å². The first-order valence-electron chi connectivity index (χ1n) is 9.90. The van der Waals surface area contributed by atoms with E-state index in [-0.39, 0.29) is 25.7 Å². The van der Waals surface area contributed by atoms with Crippen molar-refractivity contribution in [2.24, 2.45) is 11.8 Å².